The summed E-state index contributed by atoms with van der Waals surface area (Å²) in [5, 5.41) is 12.9. The zero-order valence-corrected chi connectivity index (χ0v) is 14.8. The van der Waals surface area contributed by atoms with E-state index in [0.717, 1.165) is 24.4 Å². The van der Waals surface area contributed by atoms with Gasteiger partial charge in [0.15, 0.2) is 6.54 Å². The van der Waals surface area contributed by atoms with Gasteiger partial charge in [-0.1, -0.05) is 60.2 Å². The molecule has 0 bridgehead atoms. The summed E-state index contributed by atoms with van der Waals surface area (Å²) in [7, 11) is 0. The maximum Gasteiger partial charge on any atom is 0.311 e. The lowest BCUT2D eigenvalue weighted by Gasteiger charge is -2.29. The highest BCUT2D eigenvalue weighted by Gasteiger charge is 2.53. The van der Waals surface area contributed by atoms with Crippen LogP contribution in [0.2, 0.25) is 0 Å². The molecule has 24 heavy (non-hydrogen) atoms. The van der Waals surface area contributed by atoms with Crippen molar-refractivity contribution in [1.29, 1.82) is 0 Å². The molecule has 0 radical (unpaired) electrons. The summed E-state index contributed by atoms with van der Waals surface area (Å²) in [5.41, 5.74) is 2.46. The SMILES string of the molecule is Cc1ccc(C2(O)C[N+]3=C(SCCC3)N2Cc2ccccc2)cc1. The van der Waals surface area contributed by atoms with Gasteiger partial charge in [-0.05, 0) is 30.7 Å². The highest BCUT2D eigenvalue weighted by Crippen LogP contribution is 2.37. The van der Waals surface area contributed by atoms with Crippen LogP contribution < -0.4 is 0 Å². The van der Waals surface area contributed by atoms with E-state index in [1.54, 1.807) is 0 Å². The third-order valence-electron chi connectivity index (χ3n) is 4.86. The van der Waals surface area contributed by atoms with Gasteiger partial charge >= 0.3 is 5.17 Å². The molecule has 0 spiro atoms. The molecule has 0 saturated heterocycles. The first-order valence-corrected chi connectivity index (χ1v) is 9.51. The summed E-state index contributed by atoms with van der Waals surface area (Å²) >= 11 is 1.87. The summed E-state index contributed by atoms with van der Waals surface area (Å²) in [5.74, 6) is 1.13. The average molecular weight is 339 g/mol. The lowest BCUT2D eigenvalue weighted by atomic mass is 10.00. The molecule has 2 heterocycles. The molecule has 1 unspecified atom stereocenters. The van der Waals surface area contributed by atoms with Crippen LogP contribution in [0.5, 0.6) is 0 Å². The summed E-state index contributed by atoms with van der Waals surface area (Å²) in [6.07, 6.45) is 1.18. The fraction of sp³-hybridized carbons (Fsp3) is 0.350. The van der Waals surface area contributed by atoms with E-state index in [4.69, 9.17) is 0 Å². The third-order valence-corrected chi connectivity index (χ3v) is 6.09. The van der Waals surface area contributed by atoms with Gasteiger partial charge in [-0.2, -0.15) is 0 Å². The third kappa shape index (κ3) is 2.74. The predicted octanol–water partition coefficient (Wildman–Crippen LogP) is 3.16. The number of hydrogen-bond acceptors (Lipinski definition) is 3. The molecule has 0 aromatic heterocycles. The minimum Gasteiger partial charge on any atom is -0.346 e. The summed E-state index contributed by atoms with van der Waals surface area (Å²) in [6.45, 7) is 4.48. The first-order chi connectivity index (χ1) is 11.7. The Balaban J connectivity index is 1.73. The van der Waals surface area contributed by atoms with Gasteiger partial charge in [0.2, 0.25) is 0 Å². The highest BCUT2D eigenvalue weighted by atomic mass is 32.2. The van der Waals surface area contributed by atoms with Crippen molar-refractivity contribution in [3.05, 3.63) is 71.3 Å². The van der Waals surface area contributed by atoms with Gasteiger partial charge in [0.25, 0.3) is 5.72 Å². The number of rotatable bonds is 3. The summed E-state index contributed by atoms with van der Waals surface area (Å²) in [6, 6.07) is 18.7. The van der Waals surface area contributed by atoms with Crippen LogP contribution in [0, 0.1) is 6.92 Å². The fourth-order valence-corrected chi connectivity index (χ4v) is 4.71. The van der Waals surface area contributed by atoms with E-state index < -0.39 is 5.72 Å². The van der Waals surface area contributed by atoms with Crippen molar-refractivity contribution in [1.82, 2.24) is 4.90 Å². The van der Waals surface area contributed by atoms with Gasteiger partial charge in [0.05, 0.1) is 6.54 Å². The minimum atomic E-state index is -0.962. The van der Waals surface area contributed by atoms with Crippen molar-refractivity contribution < 1.29 is 9.68 Å². The van der Waals surface area contributed by atoms with Crippen LogP contribution in [0.15, 0.2) is 54.6 Å². The van der Waals surface area contributed by atoms with Crippen molar-refractivity contribution in [2.24, 2.45) is 0 Å². The number of hydrogen-bond donors (Lipinski definition) is 1. The molecule has 2 aliphatic rings. The number of aliphatic hydroxyl groups is 1. The van der Waals surface area contributed by atoms with Crippen LogP contribution in [0.1, 0.15) is 23.1 Å². The van der Waals surface area contributed by atoms with Crippen LogP contribution in [-0.2, 0) is 12.3 Å². The fourth-order valence-electron chi connectivity index (χ4n) is 3.54. The number of benzene rings is 2. The lowest BCUT2D eigenvalue weighted by Crippen LogP contribution is -2.45. The average Bonchev–Trinajstić information content (AvgIpc) is 2.90. The molecule has 1 atom stereocenters. The van der Waals surface area contributed by atoms with Gasteiger partial charge in [-0.15, -0.1) is 0 Å². The zero-order valence-electron chi connectivity index (χ0n) is 14.0. The molecule has 124 valence electrons. The smallest absolute Gasteiger partial charge is 0.311 e. The Hall–Kier alpha value is -1.78. The van der Waals surface area contributed by atoms with Crippen LogP contribution >= 0.6 is 11.8 Å². The van der Waals surface area contributed by atoms with Gasteiger partial charge in [-0.25, -0.2) is 9.48 Å². The molecule has 1 N–H and O–H groups in total. The Morgan fingerprint density at radius 2 is 1.88 bits per heavy atom. The molecular formula is C20H23N2OS+. The van der Waals surface area contributed by atoms with E-state index in [2.05, 4.69) is 64.9 Å². The van der Waals surface area contributed by atoms with Crippen molar-refractivity contribution in [2.75, 3.05) is 18.8 Å². The van der Waals surface area contributed by atoms with Crippen LogP contribution in [-0.4, -0.2) is 38.6 Å². The zero-order chi connectivity index (χ0) is 16.6. The van der Waals surface area contributed by atoms with E-state index in [9.17, 15) is 5.11 Å². The number of amidine groups is 1. The maximum atomic E-state index is 11.7. The summed E-state index contributed by atoms with van der Waals surface area (Å²) < 4.78 is 2.34. The molecule has 3 nitrogen and oxygen atoms in total. The van der Waals surface area contributed by atoms with Gasteiger partial charge in [-0.3, -0.25) is 0 Å². The van der Waals surface area contributed by atoms with Crippen molar-refractivity contribution in [3.63, 3.8) is 0 Å². The molecule has 0 amide bonds. The second kappa shape index (κ2) is 6.26. The molecule has 0 saturated carbocycles. The molecule has 2 aliphatic heterocycles. The molecule has 2 aromatic carbocycles. The second-order valence-corrected chi connectivity index (χ2v) is 7.72. The Bertz CT molecular complexity index is 757. The Labute approximate surface area is 147 Å². The lowest BCUT2D eigenvalue weighted by molar-refractivity contribution is -0.532. The van der Waals surface area contributed by atoms with E-state index in [0.29, 0.717) is 6.54 Å². The van der Waals surface area contributed by atoms with Crippen LogP contribution in [0.4, 0.5) is 0 Å². The van der Waals surface area contributed by atoms with E-state index >= 15 is 0 Å². The Kier molecular flexibility index (Phi) is 4.10. The Morgan fingerprint density at radius 3 is 2.62 bits per heavy atom. The molecular weight excluding hydrogens is 316 g/mol. The van der Waals surface area contributed by atoms with Gasteiger partial charge in [0.1, 0.15) is 6.54 Å². The normalized spacial score (nSPS) is 23.5. The number of nitrogens with zero attached hydrogens (tertiary/aromatic N) is 2. The number of aryl methyl sites for hydroxylation is 1. The summed E-state index contributed by atoms with van der Waals surface area (Å²) in [4.78, 5) is 2.19. The van der Waals surface area contributed by atoms with Gasteiger partial charge in [0, 0.05) is 11.3 Å². The number of thioether (sulfide) groups is 1. The maximum absolute atomic E-state index is 11.7. The largest absolute Gasteiger partial charge is 0.346 e. The second-order valence-electron chi connectivity index (χ2n) is 6.66. The first kappa shape index (κ1) is 15.7. The van der Waals surface area contributed by atoms with E-state index in [1.807, 2.05) is 17.8 Å². The van der Waals surface area contributed by atoms with E-state index in [1.165, 1.54) is 22.7 Å². The highest BCUT2D eigenvalue weighted by molar-refractivity contribution is 8.13. The quantitative estimate of drug-likeness (QED) is 0.870. The minimum absolute atomic E-state index is 0.644. The molecule has 0 fully saturated rings. The first-order valence-electron chi connectivity index (χ1n) is 8.53. The molecule has 4 heteroatoms. The van der Waals surface area contributed by atoms with Crippen molar-refractivity contribution >= 4 is 16.9 Å². The molecule has 2 aromatic rings. The van der Waals surface area contributed by atoms with Crippen LogP contribution in [0.3, 0.4) is 0 Å². The van der Waals surface area contributed by atoms with Crippen LogP contribution in [0.25, 0.3) is 0 Å². The standard InChI is InChI=1S/C20H23N2OS/c1-16-8-10-18(11-9-16)20(23)15-21-12-5-13-24-19(21)22(20)14-17-6-3-2-4-7-17/h2-4,6-11,23H,5,12-15H2,1H3/q+1. The molecule has 4 rings (SSSR count). The van der Waals surface area contributed by atoms with Crippen molar-refractivity contribution in [2.45, 2.75) is 25.6 Å². The van der Waals surface area contributed by atoms with E-state index in [-0.39, 0.29) is 0 Å². The topological polar surface area (TPSA) is 26.5 Å². The van der Waals surface area contributed by atoms with Gasteiger partial charge < -0.3 is 5.11 Å². The monoisotopic (exact) mass is 339 g/mol. The predicted molar refractivity (Wildman–Crippen MR) is 99.1 cm³/mol. The Morgan fingerprint density at radius 1 is 1.12 bits per heavy atom. The molecule has 0 aliphatic carbocycles. The van der Waals surface area contributed by atoms with Crippen molar-refractivity contribution in [3.8, 4) is 0 Å².